The zero-order valence-corrected chi connectivity index (χ0v) is 10.0. The highest BCUT2D eigenvalue weighted by Gasteiger charge is 2.66. The number of rotatable bonds is 1. The molecule has 2 saturated carbocycles. The lowest BCUT2D eigenvalue weighted by Crippen LogP contribution is -2.49. The largest absolute Gasteiger partial charge is 0.391 e. The number of hydrogen-bond donors (Lipinski definition) is 1. The average molecular weight is 197 g/mol. The topological polar surface area (TPSA) is 23.5 Å². The predicted octanol–water partition coefficient (Wildman–Crippen LogP) is 1.73. The minimum atomic E-state index is -0.126. The van der Waals surface area contributed by atoms with Crippen LogP contribution >= 0.6 is 0 Å². The van der Waals surface area contributed by atoms with Gasteiger partial charge in [0.05, 0.1) is 6.10 Å². The van der Waals surface area contributed by atoms with Crippen LogP contribution in [0.25, 0.3) is 0 Å². The van der Waals surface area contributed by atoms with Crippen LogP contribution in [0.2, 0.25) is 0 Å². The summed E-state index contributed by atoms with van der Waals surface area (Å²) < 4.78 is 0. The van der Waals surface area contributed by atoms with Crippen molar-refractivity contribution in [2.45, 2.75) is 45.8 Å². The van der Waals surface area contributed by atoms with Gasteiger partial charge >= 0.3 is 0 Å². The van der Waals surface area contributed by atoms with Crippen molar-refractivity contribution < 1.29 is 5.11 Å². The molecule has 1 N–H and O–H groups in total. The molecule has 0 radical (unpaired) electrons. The van der Waals surface area contributed by atoms with Gasteiger partial charge in [0.15, 0.2) is 0 Å². The first-order valence-electron chi connectivity index (χ1n) is 5.67. The third-order valence-electron chi connectivity index (χ3n) is 5.32. The molecule has 14 heavy (non-hydrogen) atoms. The molecule has 2 aliphatic rings. The van der Waals surface area contributed by atoms with E-state index < -0.39 is 0 Å². The Morgan fingerprint density at radius 2 is 1.79 bits per heavy atom. The van der Waals surface area contributed by atoms with E-state index in [9.17, 15) is 5.11 Å². The zero-order valence-electron chi connectivity index (χ0n) is 10.0. The lowest BCUT2D eigenvalue weighted by Gasteiger charge is -2.42. The molecule has 0 heterocycles. The first-order chi connectivity index (χ1) is 6.32. The Balaban J connectivity index is 2.41. The Bertz CT molecular complexity index is 249. The number of nitrogens with zero attached hydrogens (tertiary/aromatic N) is 1. The van der Waals surface area contributed by atoms with Crippen molar-refractivity contribution >= 4 is 0 Å². The normalized spacial score (nSPS) is 50.4. The molecule has 2 unspecified atom stereocenters. The summed E-state index contributed by atoms with van der Waals surface area (Å²) in [7, 11) is 4.19. The van der Waals surface area contributed by atoms with Crippen molar-refractivity contribution in [2.75, 3.05) is 14.1 Å². The van der Waals surface area contributed by atoms with E-state index in [1.54, 1.807) is 0 Å². The lowest BCUT2D eigenvalue weighted by atomic mass is 9.69. The molecule has 0 amide bonds. The number of fused-ring (bicyclic) bond motifs is 2. The van der Waals surface area contributed by atoms with Crippen LogP contribution in [0.3, 0.4) is 0 Å². The van der Waals surface area contributed by atoms with Gasteiger partial charge in [0.2, 0.25) is 0 Å². The Hall–Kier alpha value is -0.0800. The molecule has 2 nitrogen and oxygen atoms in total. The number of hydrogen-bond acceptors (Lipinski definition) is 2. The second-order valence-electron chi connectivity index (χ2n) is 6.18. The Morgan fingerprint density at radius 3 is 2.07 bits per heavy atom. The van der Waals surface area contributed by atoms with E-state index in [0.717, 1.165) is 0 Å². The second kappa shape index (κ2) is 2.73. The fourth-order valence-corrected chi connectivity index (χ4v) is 4.16. The summed E-state index contributed by atoms with van der Waals surface area (Å²) in [5, 5.41) is 10.3. The van der Waals surface area contributed by atoms with Crippen molar-refractivity contribution in [3.05, 3.63) is 0 Å². The van der Waals surface area contributed by atoms with Crippen molar-refractivity contribution in [3.63, 3.8) is 0 Å². The lowest BCUT2D eigenvalue weighted by molar-refractivity contribution is 0.00558. The Morgan fingerprint density at radius 1 is 1.21 bits per heavy atom. The standard InChI is InChI=1S/C12H23NO/c1-11(2)8-6-7-12(11,3)10(9(8)14)13(4)5/h8-10,14H,6-7H2,1-5H3/t8?,9-,10+,12?/m1/s1. The first kappa shape index (κ1) is 10.4. The third kappa shape index (κ3) is 0.938. The van der Waals surface area contributed by atoms with Gasteiger partial charge < -0.3 is 10.0 Å². The third-order valence-corrected chi connectivity index (χ3v) is 5.32. The summed E-state index contributed by atoms with van der Waals surface area (Å²) in [6, 6.07) is 0.344. The molecule has 0 spiro atoms. The summed E-state index contributed by atoms with van der Waals surface area (Å²) in [5.41, 5.74) is 0.585. The maximum atomic E-state index is 10.3. The summed E-state index contributed by atoms with van der Waals surface area (Å²) in [6.07, 6.45) is 2.35. The molecule has 0 aromatic carbocycles. The van der Waals surface area contributed by atoms with Crippen molar-refractivity contribution in [1.29, 1.82) is 0 Å². The number of likely N-dealkylation sites (N-methyl/N-ethyl adjacent to an activating group) is 1. The van der Waals surface area contributed by atoms with Crippen molar-refractivity contribution in [1.82, 2.24) is 4.90 Å². The molecule has 0 aliphatic heterocycles. The van der Waals surface area contributed by atoms with Gasteiger partial charge in [-0.1, -0.05) is 20.8 Å². The molecule has 0 saturated heterocycles. The maximum absolute atomic E-state index is 10.3. The Kier molecular flexibility index (Phi) is 2.04. The molecule has 2 heteroatoms. The van der Waals surface area contributed by atoms with Gasteiger partial charge in [-0.2, -0.15) is 0 Å². The highest BCUT2D eigenvalue weighted by Crippen LogP contribution is 2.66. The van der Waals surface area contributed by atoms with Crippen LogP contribution < -0.4 is 0 Å². The predicted molar refractivity (Wildman–Crippen MR) is 58.1 cm³/mol. The fraction of sp³-hybridized carbons (Fsp3) is 1.00. The van der Waals surface area contributed by atoms with Crippen LogP contribution in [0.5, 0.6) is 0 Å². The van der Waals surface area contributed by atoms with Crippen LogP contribution in [0.1, 0.15) is 33.6 Å². The summed E-state index contributed by atoms with van der Waals surface area (Å²) in [4.78, 5) is 2.21. The van der Waals surface area contributed by atoms with E-state index in [4.69, 9.17) is 0 Å². The van der Waals surface area contributed by atoms with E-state index in [0.29, 0.717) is 22.8 Å². The highest BCUT2D eigenvalue weighted by molar-refractivity contribution is 5.17. The van der Waals surface area contributed by atoms with Crippen LogP contribution in [-0.2, 0) is 0 Å². The molecule has 2 aliphatic carbocycles. The van der Waals surface area contributed by atoms with Crippen LogP contribution in [0.15, 0.2) is 0 Å². The summed E-state index contributed by atoms with van der Waals surface area (Å²) >= 11 is 0. The SMILES string of the molecule is CN(C)[C@H]1[C@H](O)C2CCC1(C)C2(C)C. The van der Waals surface area contributed by atoms with E-state index in [2.05, 4.69) is 39.8 Å². The van der Waals surface area contributed by atoms with E-state index in [-0.39, 0.29) is 6.10 Å². The van der Waals surface area contributed by atoms with Gasteiger partial charge in [0, 0.05) is 6.04 Å². The molecule has 2 bridgehead atoms. The Labute approximate surface area is 87.3 Å². The monoisotopic (exact) mass is 197 g/mol. The quantitative estimate of drug-likeness (QED) is 0.692. The number of aliphatic hydroxyl groups excluding tert-OH is 1. The summed E-state index contributed by atoms with van der Waals surface area (Å²) in [5.74, 6) is 0.500. The van der Waals surface area contributed by atoms with Crippen molar-refractivity contribution in [3.8, 4) is 0 Å². The molecule has 2 rings (SSSR count). The minimum absolute atomic E-state index is 0.126. The van der Waals surface area contributed by atoms with Gasteiger partial charge in [0.1, 0.15) is 0 Å². The van der Waals surface area contributed by atoms with Crippen LogP contribution in [0, 0.1) is 16.7 Å². The minimum Gasteiger partial charge on any atom is -0.391 e. The molecular weight excluding hydrogens is 174 g/mol. The molecule has 0 aromatic heterocycles. The average Bonchev–Trinajstić information content (AvgIpc) is 2.30. The van der Waals surface area contributed by atoms with E-state index in [1.807, 2.05) is 0 Å². The fourth-order valence-electron chi connectivity index (χ4n) is 4.16. The smallest absolute Gasteiger partial charge is 0.0734 e. The molecule has 4 atom stereocenters. The van der Waals surface area contributed by atoms with Gasteiger partial charge in [-0.25, -0.2) is 0 Å². The number of aliphatic hydroxyl groups is 1. The van der Waals surface area contributed by atoms with Gasteiger partial charge in [-0.3, -0.25) is 0 Å². The first-order valence-corrected chi connectivity index (χ1v) is 5.67. The zero-order chi connectivity index (χ0) is 10.7. The molecular formula is C12H23NO. The van der Waals surface area contributed by atoms with Gasteiger partial charge in [-0.15, -0.1) is 0 Å². The van der Waals surface area contributed by atoms with E-state index >= 15 is 0 Å². The molecule has 0 aromatic rings. The van der Waals surface area contributed by atoms with Gasteiger partial charge in [-0.05, 0) is 43.7 Å². The highest BCUT2D eigenvalue weighted by atomic mass is 16.3. The maximum Gasteiger partial charge on any atom is 0.0734 e. The second-order valence-corrected chi connectivity index (χ2v) is 6.18. The van der Waals surface area contributed by atoms with Gasteiger partial charge in [0.25, 0.3) is 0 Å². The molecule has 82 valence electrons. The summed E-state index contributed by atoms with van der Waals surface area (Å²) in [6.45, 7) is 7.02. The van der Waals surface area contributed by atoms with Crippen LogP contribution in [-0.4, -0.2) is 36.2 Å². The van der Waals surface area contributed by atoms with Crippen molar-refractivity contribution in [2.24, 2.45) is 16.7 Å². The molecule has 2 fully saturated rings. The van der Waals surface area contributed by atoms with Crippen LogP contribution in [0.4, 0.5) is 0 Å². The van der Waals surface area contributed by atoms with E-state index in [1.165, 1.54) is 12.8 Å².